The van der Waals surface area contributed by atoms with Crippen molar-refractivity contribution in [3.63, 3.8) is 0 Å². The van der Waals surface area contributed by atoms with Gasteiger partial charge in [0.05, 0.1) is 0 Å². The largest absolute Gasteiger partial charge is 0.486 e. The van der Waals surface area contributed by atoms with Gasteiger partial charge in [0.15, 0.2) is 11.5 Å². The molecule has 1 heterocycles. The minimum atomic E-state index is -1.23. The average Bonchev–Trinajstić information content (AvgIpc) is 2.51. The zero-order chi connectivity index (χ0) is 17.3. The van der Waals surface area contributed by atoms with Gasteiger partial charge in [0.2, 0.25) is 0 Å². The number of nitrogens with zero attached hydrogens (tertiary/aromatic N) is 1. The van der Waals surface area contributed by atoms with E-state index in [0.29, 0.717) is 36.6 Å². The van der Waals surface area contributed by atoms with Crippen LogP contribution < -0.4 is 9.47 Å². The number of rotatable bonds is 3. The van der Waals surface area contributed by atoms with Crippen LogP contribution in [-0.4, -0.2) is 43.1 Å². The highest BCUT2D eigenvalue weighted by molar-refractivity contribution is 5.79. The normalized spacial score (nSPS) is 16.2. The monoisotopic (exact) mass is 321 g/mol. The second-order valence-electron chi connectivity index (χ2n) is 6.63. The SMILES string of the molecule is CN(C(=O)OC(C)(C)C)C(C)(C=O)c1cccc2c1OCCO2. The third kappa shape index (κ3) is 3.41. The summed E-state index contributed by atoms with van der Waals surface area (Å²) in [5.41, 5.74) is -1.31. The predicted molar refractivity (Wildman–Crippen MR) is 84.8 cm³/mol. The Kier molecular flexibility index (Phi) is 4.54. The van der Waals surface area contributed by atoms with Gasteiger partial charge in [0.25, 0.3) is 0 Å². The molecular formula is C17H23NO5. The molecule has 0 bridgehead atoms. The minimum Gasteiger partial charge on any atom is -0.486 e. The fraction of sp³-hybridized carbons (Fsp3) is 0.529. The number of fused-ring (bicyclic) bond motifs is 1. The van der Waals surface area contributed by atoms with Gasteiger partial charge in [-0.05, 0) is 33.8 Å². The molecular weight excluding hydrogens is 298 g/mol. The lowest BCUT2D eigenvalue weighted by molar-refractivity contribution is -0.117. The summed E-state index contributed by atoms with van der Waals surface area (Å²) >= 11 is 0. The maximum atomic E-state index is 12.4. The first-order chi connectivity index (χ1) is 10.7. The van der Waals surface area contributed by atoms with E-state index in [2.05, 4.69) is 0 Å². The van der Waals surface area contributed by atoms with Crippen molar-refractivity contribution in [2.24, 2.45) is 0 Å². The maximum absolute atomic E-state index is 12.4. The number of aldehydes is 1. The van der Waals surface area contributed by atoms with Gasteiger partial charge in [-0.25, -0.2) is 4.79 Å². The Balaban J connectivity index is 2.41. The molecule has 1 aliphatic rings. The molecule has 1 aliphatic heterocycles. The summed E-state index contributed by atoms with van der Waals surface area (Å²) in [5.74, 6) is 1.06. The molecule has 0 fully saturated rings. The zero-order valence-electron chi connectivity index (χ0n) is 14.2. The fourth-order valence-electron chi connectivity index (χ4n) is 2.32. The van der Waals surface area contributed by atoms with Crippen LogP contribution in [0.25, 0.3) is 0 Å². The molecule has 0 saturated heterocycles. The number of benzene rings is 1. The van der Waals surface area contributed by atoms with Gasteiger partial charge >= 0.3 is 6.09 Å². The Hall–Kier alpha value is -2.24. The van der Waals surface area contributed by atoms with E-state index in [1.165, 1.54) is 11.9 Å². The molecule has 6 nitrogen and oxygen atoms in total. The van der Waals surface area contributed by atoms with E-state index in [9.17, 15) is 9.59 Å². The van der Waals surface area contributed by atoms with Crippen LogP contribution in [0.3, 0.4) is 0 Å². The van der Waals surface area contributed by atoms with Crippen LogP contribution in [0.5, 0.6) is 11.5 Å². The summed E-state index contributed by atoms with van der Waals surface area (Å²) in [6.07, 6.45) is 0.131. The van der Waals surface area contributed by atoms with Gasteiger partial charge in [-0.15, -0.1) is 0 Å². The van der Waals surface area contributed by atoms with Crippen molar-refractivity contribution in [1.82, 2.24) is 4.90 Å². The molecule has 1 amide bonds. The van der Waals surface area contributed by atoms with Gasteiger partial charge in [-0.1, -0.05) is 12.1 Å². The van der Waals surface area contributed by atoms with Crippen LogP contribution in [0.1, 0.15) is 33.3 Å². The molecule has 1 atom stereocenters. The minimum absolute atomic E-state index is 0.398. The molecule has 6 heteroatoms. The standard InChI is InChI=1S/C17H23NO5/c1-16(2,3)23-15(20)18(5)17(4,11-19)12-7-6-8-13-14(12)22-10-9-21-13/h6-8,11H,9-10H2,1-5H3. The molecule has 2 rings (SSSR count). The predicted octanol–water partition coefficient (Wildman–Crippen LogP) is 2.74. The van der Waals surface area contributed by atoms with Crippen LogP contribution in [0.2, 0.25) is 0 Å². The van der Waals surface area contributed by atoms with Crippen molar-refractivity contribution in [2.75, 3.05) is 20.3 Å². The van der Waals surface area contributed by atoms with Crippen molar-refractivity contribution in [2.45, 2.75) is 38.8 Å². The van der Waals surface area contributed by atoms with E-state index in [1.807, 2.05) is 0 Å². The summed E-state index contributed by atoms with van der Waals surface area (Å²) in [5, 5.41) is 0. The first-order valence-electron chi connectivity index (χ1n) is 7.51. The lowest BCUT2D eigenvalue weighted by Crippen LogP contribution is -2.48. The number of likely N-dealkylation sites (N-methyl/N-ethyl adjacent to an activating group) is 1. The van der Waals surface area contributed by atoms with Crippen LogP contribution in [0.15, 0.2) is 18.2 Å². The van der Waals surface area contributed by atoms with Crippen LogP contribution in [0, 0.1) is 0 Å². The van der Waals surface area contributed by atoms with Crippen molar-refractivity contribution >= 4 is 12.4 Å². The zero-order valence-corrected chi connectivity index (χ0v) is 14.2. The summed E-state index contributed by atoms with van der Waals surface area (Å²) in [4.78, 5) is 25.5. The molecule has 1 unspecified atom stereocenters. The lowest BCUT2D eigenvalue weighted by Gasteiger charge is -2.37. The number of para-hydroxylation sites is 1. The van der Waals surface area contributed by atoms with Crippen molar-refractivity contribution in [3.8, 4) is 11.5 Å². The smallest absolute Gasteiger partial charge is 0.411 e. The highest BCUT2D eigenvalue weighted by Crippen LogP contribution is 2.41. The number of ether oxygens (including phenoxy) is 3. The van der Waals surface area contributed by atoms with Gasteiger partial charge in [-0.2, -0.15) is 0 Å². The van der Waals surface area contributed by atoms with Gasteiger partial charge in [0.1, 0.15) is 30.6 Å². The Morgan fingerprint density at radius 2 is 1.87 bits per heavy atom. The second-order valence-corrected chi connectivity index (χ2v) is 6.63. The summed E-state index contributed by atoms with van der Waals surface area (Å²) in [6.45, 7) is 7.83. The second kappa shape index (κ2) is 6.10. The molecule has 1 aromatic rings. The summed E-state index contributed by atoms with van der Waals surface area (Å²) < 4.78 is 16.6. The number of hydrogen-bond donors (Lipinski definition) is 0. The molecule has 23 heavy (non-hydrogen) atoms. The molecule has 126 valence electrons. The molecule has 0 radical (unpaired) electrons. The number of hydrogen-bond acceptors (Lipinski definition) is 5. The molecule has 0 aliphatic carbocycles. The average molecular weight is 321 g/mol. The highest BCUT2D eigenvalue weighted by Gasteiger charge is 2.40. The van der Waals surface area contributed by atoms with E-state index in [4.69, 9.17) is 14.2 Å². The first kappa shape index (κ1) is 17.1. The van der Waals surface area contributed by atoms with Crippen molar-refractivity contribution in [1.29, 1.82) is 0 Å². The summed E-state index contributed by atoms with van der Waals surface area (Å²) in [7, 11) is 1.53. The highest BCUT2D eigenvalue weighted by atomic mass is 16.6. The number of carbonyl (C=O) groups excluding carboxylic acids is 2. The van der Waals surface area contributed by atoms with Gasteiger partial charge < -0.3 is 19.0 Å². The quantitative estimate of drug-likeness (QED) is 0.801. The van der Waals surface area contributed by atoms with Crippen molar-refractivity contribution in [3.05, 3.63) is 23.8 Å². The van der Waals surface area contributed by atoms with E-state index >= 15 is 0 Å². The first-order valence-corrected chi connectivity index (χ1v) is 7.51. The molecule has 0 N–H and O–H groups in total. The molecule has 1 aromatic carbocycles. The number of carbonyl (C=O) groups is 2. The topological polar surface area (TPSA) is 65.1 Å². The van der Waals surface area contributed by atoms with Crippen LogP contribution in [0.4, 0.5) is 4.79 Å². The lowest BCUT2D eigenvalue weighted by atomic mass is 9.91. The third-order valence-corrected chi connectivity index (χ3v) is 3.71. The van der Waals surface area contributed by atoms with Crippen molar-refractivity contribution < 1.29 is 23.8 Å². The van der Waals surface area contributed by atoms with E-state index in [0.717, 1.165) is 0 Å². The molecule has 0 aromatic heterocycles. The third-order valence-electron chi connectivity index (χ3n) is 3.71. The Bertz CT molecular complexity index is 607. The molecule has 0 spiro atoms. The van der Waals surface area contributed by atoms with Gasteiger partial charge in [0, 0.05) is 12.6 Å². The maximum Gasteiger partial charge on any atom is 0.411 e. The molecule has 0 saturated carbocycles. The Morgan fingerprint density at radius 1 is 1.22 bits per heavy atom. The number of amides is 1. The van der Waals surface area contributed by atoms with Gasteiger partial charge in [-0.3, -0.25) is 4.90 Å². The Morgan fingerprint density at radius 3 is 2.48 bits per heavy atom. The van der Waals surface area contributed by atoms with E-state index in [1.54, 1.807) is 45.9 Å². The van der Waals surface area contributed by atoms with E-state index in [-0.39, 0.29) is 0 Å². The van der Waals surface area contributed by atoms with Crippen LogP contribution in [-0.2, 0) is 15.1 Å². The van der Waals surface area contributed by atoms with Crippen LogP contribution >= 0.6 is 0 Å². The summed E-state index contributed by atoms with van der Waals surface area (Å²) in [6, 6.07) is 5.30. The Labute approximate surface area is 136 Å². The fourth-order valence-corrected chi connectivity index (χ4v) is 2.32. The van der Waals surface area contributed by atoms with E-state index < -0.39 is 17.2 Å².